The third kappa shape index (κ3) is 3.02. The van der Waals surface area contributed by atoms with Crippen molar-refractivity contribution in [3.63, 3.8) is 0 Å². The quantitative estimate of drug-likeness (QED) is 0.688. The first kappa shape index (κ1) is 15.0. The zero-order chi connectivity index (χ0) is 15.6. The minimum absolute atomic E-state index is 0.343. The summed E-state index contributed by atoms with van der Waals surface area (Å²) in [6.07, 6.45) is 0. The predicted molar refractivity (Wildman–Crippen MR) is 80.0 cm³/mol. The summed E-state index contributed by atoms with van der Waals surface area (Å²) in [7, 11) is 1.75. The van der Waals surface area contributed by atoms with E-state index in [0.29, 0.717) is 23.5 Å². The van der Waals surface area contributed by atoms with Gasteiger partial charge in [0.1, 0.15) is 0 Å². The van der Waals surface area contributed by atoms with Gasteiger partial charge in [0.05, 0.1) is 11.3 Å². The standard InChI is InChI=1S/C16H19N3O2/c1-10-7-5-6-8-13(10)9-17-16(21)15(20)14-11(2)18-19(4)12(14)3/h5-8H,9H2,1-4H3,(H,17,21). The largest absolute Gasteiger partial charge is 0.345 e. The Kier molecular flexibility index (Phi) is 4.21. The highest BCUT2D eigenvalue weighted by atomic mass is 16.2. The maximum atomic E-state index is 12.2. The molecule has 2 aromatic rings. The monoisotopic (exact) mass is 285 g/mol. The molecule has 110 valence electrons. The number of ketones is 1. The molecule has 21 heavy (non-hydrogen) atoms. The lowest BCUT2D eigenvalue weighted by atomic mass is 10.1. The molecule has 0 saturated heterocycles. The van der Waals surface area contributed by atoms with Crippen molar-refractivity contribution in [1.82, 2.24) is 15.1 Å². The number of hydrogen-bond acceptors (Lipinski definition) is 3. The Labute approximate surface area is 124 Å². The van der Waals surface area contributed by atoms with Crippen LogP contribution >= 0.6 is 0 Å². The number of carbonyl (C=O) groups excluding carboxylic acids is 2. The van der Waals surface area contributed by atoms with Gasteiger partial charge in [-0.1, -0.05) is 24.3 Å². The molecule has 1 aromatic heterocycles. The Balaban J connectivity index is 2.10. The van der Waals surface area contributed by atoms with Gasteiger partial charge < -0.3 is 5.32 Å². The van der Waals surface area contributed by atoms with Crippen LogP contribution in [0.3, 0.4) is 0 Å². The van der Waals surface area contributed by atoms with Crippen LogP contribution in [0, 0.1) is 20.8 Å². The molecule has 5 nitrogen and oxygen atoms in total. The van der Waals surface area contributed by atoms with Crippen LogP contribution < -0.4 is 5.32 Å². The number of hydrogen-bond donors (Lipinski definition) is 1. The number of aromatic nitrogens is 2. The normalized spacial score (nSPS) is 10.5. The molecular weight excluding hydrogens is 266 g/mol. The summed E-state index contributed by atoms with van der Waals surface area (Å²) in [5, 5.41) is 6.84. The fourth-order valence-corrected chi connectivity index (χ4v) is 2.28. The Morgan fingerprint density at radius 1 is 1.19 bits per heavy atom. The van der Waals surface area contributed by atoms with Crippen LogP contribution in [0.25, 0.3) is 0 Å². The van der Waals surface area contributed by atoms with Crippen LogP contribution in [0.4, 0.5) is 0 Å². The fraction of sp³-hybridized carbons (Fsp3) is 0.312. The molecular formula is C16H19N3O2. The van der Waals surface area contributed by atoms with E-state index in [1.165, 1.54) is 0 Å². The van der Waals surface area contributed by atoms with Crippen molar-refractivity contribution in [2.24, 2.45) is 7.05 Å². The van der Waals surface area contributed by atoms with Crippen molar-refractivity contribution >= 4 is 11.7 Å². The zero-order valence-corrected chi connectivity index (χ0v) is 12.7. The SMILES string of the molecule is Cc1ccccc1CNC(=O)C(=O)c1c(C)nn(C)c1C. The number of Topliss-reactive ketones (excluding diaryl/α,β-unsaturated/α-hetero) is 1. The second-order valence-corrected chi connectivity index (χ2v) is 5.11. The van der Waals surface area contributed by atoms with Crippen molar-refractivity contribution in [1.29, 1.82) is 0 Å². The molecule has 1 aromatic carbocycles. The summed E-state index contributed by atoms with van der Waals surface area (Å²) in [6, 6.07) is 7.75. The number of carbonyl (C=O) groups is 2. The Hall–Kier alpha value is -2.43. The third-order valence-corrected chi connectivity index (χ3v) is 3.64. The first-order valence-electron chi connectivity index (χ1n) is 6.79. The van der Waals surface area contributed by atoms with Gasteiger partial charge in [0.25, 0.3) is 11.7 Å². The van der Waals surface area contributed by atoms with E-state index in [1.54, 1.807) is 25.6 Å². The second kappa shape index (κ2) is 5.91. The molecule has 0 fully saturated rings. The van der Waals surface area contributed by atoms with Gasteiger partial charge in [0.2, 0.25) is 0 Å². The summed E-state index contributed by atoms with van der Waals surface area (Å²) in [5.74, 6) is -1.14. The van der Waals surface area contributed by atoms with Gasteiger partial charge >= 0.3 is 0 Å². The van der Waals surface area contributed by atoms with Crippen molar-refractivity contribution in [3.8, 4) is 0 Å². The summed E-state index contributed by atoms with van der Waals surface area (Å²) < 4.78 is 1.61. The van der Waals surface area contributed by atoms with Crippen molar-refractivity contribution in [2.45, 2.75) is 27.3 Å². The Morgan fingerprint density at radius 3 is 2.43 bits per heavy atom. The van der Waals surface area contributed by atoms with Crippen LogP contribution in [-0.2, 0) is 18.4 Å². The van der Waals surface area contributed by atoms with Gasteiger partial charge in [-0.2, -0.15) is 5.10 Å². The Morgan fingerprint density at radius 2 is 1.86 bits per heavy atom. The zero-order valence-electron chi connectivity index (χ0n) is 12.7. The van der Waals surface area contributed by atoms with Gasteiger partial charge in [-0.3, -0.25) is 14.3 Å². The molecule has 5 heteroatoms. The lowest BCUT2D eigenvalue weighted by Gasteiger charge is -2.07. The van der Waals surface area contributed by atoms with E-state index in [4.69, 9.17) is 0 Å². The van der Waals surface area contributed by atoms with Crippen molar-refractivity contribution in [2.75, 3.05) is 0 Å². The van der Waals surface area contributed by atoms with Gasteiger partial charge in [-0.25, -0.2) is 0 Å². The number of rotatable bonds is 4. The maximum Gasteiger partial charge on any atom is 0.292 e. The predicted octanol–water partition coefficient (Wildman–Crippen LogP) is 1.84. The molecule has 0 atom stereocenters. The number of nitrogens with zero attached hydrogens (tertiary/aromatic N) is 2. The van der Waals surface area contributed by atoms with Gasteiger partial charge in [-0.05, 0) is 31.9 Å². The molecule has 2 rings (SSSR count). The molecule has 1 heterocycles. The van der Waals surface area contributed by atoms with Crippen molar-refractivity contribution in [3.05, 3.63) is 52.3 Å². The van der Waals surface area contributed by atoms with E-state index in [-0.39, 0.29) is 0 Å². The highest BCUT2D eigenvalue weighted by Crippen LogP contribution is 2.13. The van der Waals surface area contributed by atoms with Gasteiger partial charge in [0.15, 0.2) is 0 Å². The summed E-state index contributed by atoms with van der Waals surface area (Å²) in [6.45, 7) is 5.82. The van der Waals surface area contributed by atoms with Crippen LogP contribution in [-0.4, -0.2) is 21.5 Å². The van der Waals surface area contributed by atoms with E-state index in [2.05, 4.69) is 10.4 Å². The van der Waals surface area contributed by atoms with E-state index in [9.17, 15) is 9.59 Å². The van der Waals surface area contributed by atoms with E-state index in [0.717, 1.165) is 11.1 Å². The number of aryl methyl sites for hydroxylation is 3. The molecule has 0 spiro atoms. The minimum atomic E-state index is -0.600. The van der Waals surface area contributed by atoms with Crippen molar-refractivity contribution < 1.29 is 9.59 Å². The molecule has 0 aliphatic carbocycles. The number of benzene rings is 1. The minimum Gasteiger partial charge on any atom is -0.345 e. The van der Waals surface area contributed by atoms with E-state index < -0.39 is 11.7 Å². The molecule has 0 aliphatic heterocycles. The third-order valence-electron chi connectivity index (χ3n) is 3.64. The Bertz CT molecular complexity index is 702. The molecule has 0 aliphatic rings. The smallest absolute Gasteiger partial charge is 0.292 e. The van der Waals surface area contributed by atoms with E-state index >= 15 is 0 Å². The van der Waals surface area contributed by atoms with Crippen LogP contribution in [0.5, 0.6) is 0 Å². The molecule has 0 unspecified atom stereocenters. The topological polar surface area (TPSA) is 64.0 Å². The summed E-state index contributed by atoms with van der Waals surface area (Å²) >= 11 is 0. The van der Waals surface area contributed by atoms with Crippen LogP contribution in [0.15, 0.2) is 24.3 Å². The fourth-order valence-electron chi connectivity index (χ4n) is 2.28. The summed E-state index contributed by atoms with van der Waals surface area (Å²) in [5.41, 5.74) is 3.74. The lowest BCUT2D eigenvalue weighted by molar-refractivity contribution is -0.117. The van der Waals surface area contributed by atoms with Crippen LogP contribution in [0.2, 0.25) is 0 Å². The van der Waals surface area contributed by atoms with Gasteiger partial charge in [0, 0.05) is 19.3 Å². The summed E-state index contributed by atoms with van der Waals surface area (Å²) in [4.78, 5) is 24.3. The average molecular weight is 285 g/mol. The lowest BCUT2D eigenvalue weighted by Crippen LogP contribution is -2.31. The van der Waals surface area contributed by atoms with Gasteiger partial charge in [-0.15, -0.1) is 0 Å². The number of nitrogens with one attached hydrogen (secondary N) is 1. The molecule has 1 N–H and O–H groups in total. The molecule has 0 radical (unpaired) electrons. The highest BCUT2D eigenvalue weighted by molar-refractivity contribution is 6.43. The molecule has 0 bridgehead atoms. The van der Waals surface area contributed by atoms with E-state index in [1.807, 2.05) is 31.2 Å². The molecule has 0 saturated carbocycles. The average Bonchev–Trinajstić information content (AvgIpc) is 2.70. The first-order valence-corrected chi connectivity index (χ1v) is 6.79. The van der Waals surface area contributed by atoms with Crippen LogP contribution in [0.1, 0.15) is 32.9 Å². The molecule has 1 amide bonds. The number of amides is 1. The maximum absolute atomic E-state index is 12.2. The highest BCUT2D eigenvalue weighted by Gasteiger charge is 2.23. The second-order valence-electron chi connectivity index (χ2n) is 5.11. The first-order chi connectivity index (χ1) is 9.91.